The summed E-state index contributed by atoms with van der Waals surface area (Å²) in [6.07, 6.45) is 0.491. The van der Waals surface area contributed by atoms with Gasteiger partial charge in [0.1, 0.15) is 0 Å². The molecular formula is C45H32N2O2S. The van der Waals surface area contributed by atoms with E-state index in [-0.39, 0.29) is 11.7 Å². The van der Waals surface area contributed by atoms with Crippen molar-refractivity contribution in [1.82, 2.24) is 9.13 Å². The second-order valence-electron chi connectivity index (χ2n) is 13.3. The molecule has 0 bridgehead atoms. The fraction of sp³-hybridized carbons (Fsp3) is 0.0667. The summed E-state index contributed by atoms with van der Waals surface area (Å²) in [6, 6.07) is 56.7. The highest BCUT2D eigenvalue weighted by Crippen LogP contribution is 2.47. The van der Waals surface area contributed by atoms with E-state index in [1.165, 1.54) is 5.39 Å². The molecule has 7 aromatic carbocycles. The average Bonchev–Trinajstić information content (AvgIpc) is 3.67. The molecule has 0 amide bonds. The number of sulfone groups is 1. The van der Waals surface area contributed by atoms with Crippen LogP contribution < -0.4 is 0 Å². The van der Waals surface area contributed by atoms with Crippen molar-refractivity contribution in [3.63, 3.8) is 0 Å². The van der Waals surface area contributed by atoms with Crippen LogP contribution in [0.2, 0.25) is 0 Å². The molecule has 1 unspecified atom stereocenters. The van der Waals surface area contributed by atoms with E-state index < -0.39 is 9.84 Å². The fourth-order valence-corrected chi connectivity index (χ4v) is 9.86. The Morgan fingerprint density at radius 3 is 1.52 bits per heavy atom. The van der Waals surface area contributed by atoms with Gasteiger partial charge in [-0.05, 0) is 83.8 Å². The number of aromatic nitrogens is 2. The van der Waals surface area contributed by atoms with E-state index in [4.69, 9.17) is 0 Å². The Kier molecular flexibility index (Phi) is 6.42. The monoisotopic (exact) mass is 664 g/mol. The van der Waals surface area contributed by atoms with Crippen LogP contribution in [0.1, 0.15) is 23.5 Å². The van der Waals surface area contributed by atoms with Gasteiger partial charge in [0.2, 0.25) is 0 Å². The van der Waals surface area contributed by atoms with Crippen LogP contribution in [0, 0.1) is 0 Å². The zero-order chi connectivity index (χ0) is 33.4. The highest BCUT2D eigenvalue weighted by Gasteiger charge is 2.32. The molecule has 0 aliphatic carbocycles. The summed E-state index contributed by atoms with van der Waals surface area (Å²) in [5.41, 5.74) is 10.3. The van der Waals surface area contributed by atoms with E-state index in [0.29, 0.717) is 11.3 Å². The Labute approximate surface area is 290 Å². The van der Waals surface area contributed by atoms with Crippen molar-refractivity contribution in [2.75, 3.05) is 5.75 Å². The summed E-state index contributed by atoms with van der Waals surface area (Å²) in [5.74, 6) is -0.0425. The molecule has 50 heavy (non-hydrogen) atoms. The molecule has 10 rings (SSSR count). The SMILES string of the molecule is O=S1(=O)CCC(c2ccccc2)c2cc3c4ccccc4n(-c4ccccc4)c3cc2-c2cc3c(cc21)c1ccccc1n3-c1ccccc1. The van der Waals surface area contributed by atoms with Crippen molar-refractivity contribution in [1.29, 1.82) is 0 Å². The maximum Gasteiger partial charge on any atom is 0.179 e. The first-order valence-electron chi connectivity index (χ1n) is 17.1. The summed E-state index contributed by atoms with van der Waals surface area (Å²) in [5, 5.41) is 4.31. The van der Waals surface area contributed by atoms with Crippen LogP contribution in [0.15, 0.2) is 169 Å². The quantitative estimate of drug-likeness (QED) is 0.189. The predicted octanol–water partition coefficient (Wildman–Crippen LogP) is 10.9. The molecule has 4 nitrogen and oxygen atoms in total. The topological polar surface area (TPSA) is 44.0 Å². The van der Waals surface area contributed by atoms with Crippen molar-refractivity contribution in [2.24, 2.45) is 0 Å². The Hall–Kier alpha value is -5.91. The molecule has 9 aromatic rings. The van der Waals surface area contributed by atoms with Gasteiger partial charge in [-0.15, -0.1) is 0 Å². The number of hydrogen-bond acceptors (Lipinski definition) is 2. The zero-order valence-corrected chi connectivity index (χ0v) is 28.0. The van der Waals surface area contributed by atoms with E-state index in [1.54, 1.807) is 0 Å². The van der Waals surface area contributed by atoms with E-state index in [1.807, 2.05) is 48.5 Å². The van der Waals surface area contributed by atoms with Gasteiger partial charge >= 0.3 is 0 Å². The van der Waals surface area contributed by atoms with Crippen molar-refractivity contribution in [3.05, 3.63) is 175 Å². The molecule has 1 aliphatic heterocycles. The number of para-hydroxylation sites is 4. The Bertz CT molecular complexity index is 2870. The molecule has 3 heterocycles. The highest BCUT2D eigenvalue weighted by molar-refractivity contribution is 7.91. The Morgan fingerprint density at radius 1 is 0.460 bits per heavy atom. The largest absolute Gasteiger partial charge is 0.309 e. The first kappa shape index (κ1) is 29.0. The summed E-state index contributed by atoms with van der Waals surface area (Å²) in [4.78, 5) is 0.399. The summed E-state index contributed by atoms with van der Waals surface area (Å²) < 4.78 is 33.7. The van der Waals surface area contributed by atoms with Gasteiger partial charge in [-0.3, -0.25) is 0 Å². The first-order chi connectivity index (χ1) is 24.6. The lowest BCUT2D eigenvalue weighted by Crippen LogP contribution is -2.17. The van der Waals surface area contributed by atoms with E-state index in [9.17, 15) is 8.42 Å². The van der Waals surface area contributed by atoms with Crippen molar-refractivity contribution in [2.45, 2.75) is 17.2 Å². The van der Waals surface area contributed by atoms with Gasteiger partial charge < -0.3 is 9.13 Å². The number of fused-ring (bicyclic) bond motifs is 9. The number of hydrogen-bond donors (Lipinski definition) is 0. The second kappa shape index (κ2) is 11.1. The predicted molar refractivity (Wildman–Crippen MR) is 206 cm³/mol. The highest BCUT2D eigenvalue weighted by atomic mass is 32.2. The zero-order valence-electron chi connectivity index (χ0n) is 27.2. The standard InChI is InChI=1S/C45H32N2O2S/c48-50(49)25-24-33(30-14-4-1-5-15-30)36-26-38-34-20-10-12-22-41(34)46(31-16-6-2-7-17-31)43(38)27-37(36)40-28-44-39(29-45(40)50)35-21-11-13-23-42(35)47(44)32-18-8-3-9-19-32/h1-23,26-29,33H,24-25H2. The van der Waals surface area contributed by atoms with Crippen molar-refractivity contribution >= 4 is 53.4 Å². The maximum absolute atomic E-state index is 14.6. The van der Waals surface area contributed by atoms with Crippen LogP contribution in [0.4, 0.5) is 0 Å². The second-order valence-corrected chi connectivity index (χ2v) is 15.3. The number of benzene rings is 7. The van der Waals surface area contributed by atoms with Crippen LogP contribution >= 0.6 is 0 Å². The van der Waals surface area contributed by atoms with Crippen LogP contribution in [0.5, 0.6) is 0 Å². The molecule has 0 spiro atoms. The molecule has 0 N–H and O–H groups in total. The number of nitrogens with zero attached hydrogens (tertiary/aromatic N) is 2. The third-order valence-electron chi connectivity index (χ3n) is 10.5. The third kappa shape index (κ3) is 4.33. The van der Waals surface area contributed by atoms with Crippen LogP contribution in [0.25, 0.3) is 66.1 Å². The maximum atomic E-state index is 14.6. The minimum Gasteiger partial charge on any atom is -0.309 e. The van der Waals surface area contributed by atoms with Gasteiger partial charge in [0.25, 0.3) is 0 Å². The molecule has 2 aromatic heterocycles. The minimum atomic E-state index is -3.66. The van der Waals surface area contributed by atoms with Crippen LogP contribution in [0.3, 0.4) is 0 Å². The molecular weight excluding hydrogens is 633 g/mol. The Morgan fingerprint density at radius 2 is 0.940 bits per heavy atom. The molecule has 240 valence electrons. The third-order valence-corrected chi connectivity index (χ3v) is 12.3. The van der Waals surface area contributed by atoms with E-state index in [2.05, 4.69) is 124 Å². The summed E-state index contributed by atoms with van der Waals surface area (Å²) in [6.45, 7) is 0. The molecule has 1 atom stereocenters. The molecule has 0 saturated heterocycles. The normalized spacial score (nSPS) is 15.6. The van der Waals surface area contributed by atoms with E-state index in [0.717, 1.165) is 71.9 Å². The van der Waals surface area contributed by atoms with Gasteiger partial charge in [0.05, 0.1) is 32.7 Å². The van der Waals surface area contributed by atoms with Gasteiger partial charge in [0.15, 0.2) is 9.84 Å². The Balaban J connectivity index is 1.38. The fourth-order valence-electron chi connectivity index (χ4n) is 8.30. The van der Waals surface area contributed by atoms with Crippen LogP contribution in [-0.4, -0.2) is 23.3 Å². The van der Waals surface area contributed by atoms with Gasteiger partial charge in [-0.1, -0.05) is 103 Å². The summed E-state index contributed by atoms with van der Waals surface area (Å²) in [7, 11) is -3.66. The molecule has 0 radical (unpaired) electrons. The lowest BCUT2D eigenvalue weighted by molar-refractivity contribution is 0.590. The first-order valence-corrected chi connectivity index (χ1v) is 18.8. The summed E-state index contributed by atoms with van der Waals surface area (Å²) >= 11 is 0. The number of rotatable bonds is 3. The average molecular weight is 665 g/mol. The van der Waals surface area contributed by atoms with Gasteiger partial charge in [-0.2, -0.15) is 0 Å². The smallest absolute Gasteiger partial charge is 0.179 e. The molecule has 5 heteroatoms. The minimum absolute atomic E-state index is 0.0612. The van der Waals surface area contributed by atoms with Crippen LogP contribution in [-0.2, 0) is 9.84 Å². The molecule has 0 saturated carbocycles. The van der Waals surface area contributed by atoms with Crippen molar-refractivity contribution in [3.8, 4) is 22.5 Å². The lowest BCUT2D eigenvalue weighted by Gasteiger charge is -2.26. The van der Waals surface area contributed by atoms with E-state index >= 15 is 0 Å². The lowest BCUT2D eigenvalue weighted by atomic mass is 9.83. The van der Waals surface area contributed by atoms with Crippen molar-refractivity contribution < 1.29 is 8.42 Å². The van der Waals surface area contributed by atoms with Gasteiger partial charge in [-0.25, -0.2) is 8.42 Å². The molecule has 0 fully saturated rings. The van der Waals surface area contributed by atoms with Gasteiger partial charge in [0, 0.05) is 44.4 Å². The molecule has 1 aliphatic rings.